The molecule has 0 radical (unpaired) electrons. The molecule has 100 valence electrons. The number of phenols is 1. The van der Waals surface area contributed by atoms with Gasteiger partial charge in [-0.15, -0.1) is 0 Å². The maximum Gasteiger partial charge on any atom is 0.238 e. The predicted octanol–water partition coefficient (Wildman–Crippen LogP) is 0.604. The van der Waals surface area contributed by atoms with Crippen LogP contribution in [0.4, 0.5) is 5.69 Å². The van der Waals surface area contributed by atoms with Crippen LogP contribution in [0.15, 0.2) is 33.3 Å². The van der Waals surface area contributed by atoms with E-state index in [9.17, 15) is 18.3 Å². The molecule has 3 N–H and O–H groups in total. The molecule has 1 rings (SSSR count). The normalized spacial score (nSPS) is 13.1. The summed E-state index contributed by atoms with van der Waals surface area (Å²) in [6, 6.07) is 3.45. The van der Waals surface area contributed by atoms with Gasteiger partial charge in [0.25, 0.3) is 0 Å². The van der Waals surface area contributed by atoms with Gasteiger partial charge < -0.3 is 5.11 Å². The Hall–Kier alpha value is -2.31. The zero-order chi connectivity index (χ0) is 14.6. The molecule has 8 nitrogen and oxygen atoms in total. The Morgan fingerprint density at radius 2 is 2.16 bits per heavy atom. The van der Waals surface area contributed by atoms with Gasteiger partial charge in [0.1, 0.15) is 11.4 Å². The van der Waals surface area contributed by atoms with Gasteiger partial charge in [-0.25, -0.2) is 13.6 Å². The summed E-state index contributed by atoms with van der Waals surface area (Å²) in [5.41, 5.74) is -0.201. The number of azo groups is 1. The number of sulfonamides is 1. The highest BCUT2D eigenvalue weighted by Gasteiger charge is 2.13. The molecule has 0 saturated carbocycles. The first-order valence-electron chi connectivity index (χ1n) is 4.92. The third-order valence-electron chi connectivity index (χ3n) is 2.06. The van der Waals surface area contributed by atoms with Gasteiger partial charge in [-0.3, -0.25) is 4.79 Å². The molecule has 1 aromatic carbocycles. The van der Waals surface area contributed by atoms with Gasteiger partial charge >= 0.3 is 0 Å². The largest absolute Gasteiger partial charge is 0.506 e. The van der Waals surface area contributed by atoms with Gasteiger partial charge in [-0.2, -0.15) is 15.5 Å². The van der Waals surface area contributed by atoms with Crippen molar-refractivity contribution in [1.82, 2.24) is 0 Å². The number of Topliss-reactive ketones (excluding diaryl/α,β-unsaturated/α-hetero) is 1. The van der Waals surface area contributed by atoms with Crippen molar-refractivity contribution < 1.29 is 18.3 Å². The number of nitrogens with two attached hydrogens (primary N) is 1. The molecule has 0 bridgehead atoms. The highest BCUT2D eigenvalue weighted by Crippen LogP contribution is 2.29. The minimum absolute atomic E-state index is 0.201. The molecule has 0 aliphatic heterocycles. The first kappa shape index (κ1) is 14.7. The number of carbonyl (C=O) groups excluding carboxylic acids is 1. The molecule has 0 saturated heterocycles. The van der Waals surface area contributed by atoms with Crippen LogP contribution in [0.5, 0.6) is 5.75 Å². The number of nitrogens with zero attached hydrogens (tertiary/aromatic N) is 3. The van der Waals surface area contributed by atoms with Crippen LogP contribution in [0.1, 0.15) is 6.92 Å². The first-order valence-corrected chi connectivity index (χ1v) is 6.47. The molecule has 0 spiro atoms. The molecule has 0 fully saturated rings. The Bertz CT molecular complexity index is 675. The lowest BCUT2D eigenvalue weighted by molar-refractivity contribution is -0.117. The molecule has 0 heterocycles. The van der Waals surface area contributed by atoms with E-state index in [0.29, 0.717) is 0 Å². The molecular formula is C10H10N4O4S. The lowest BCUT2D eigenvalue weighted by atomic mass is 10.2. The maximum absolute atomic E-state index is 11.1. The molecule has 1 aromatic rings. The Morgan fingerprint density at radius 3 is 2.63 bits per heavy atom. The van der Waals surface area contributed by atoms with Crippen LogP contribution in [0.3, 0.4) is 0 Å². The van der Waals surface area contributed by atoms with Crippen molar-refractivity contribution in [2.24, 2.45) is 15.4 Å². The summed E-state index contributed by atoms with van der Waals surface area (Å²) in [6.07, 6.45) is 0. The highest BCUT2D eigenvalue weighted by molar-refractivity contribution is 7.89. The number of hydrogen-bond acceptors (Lipinski definition) is 7. The monoisotopic (exact) mass is 282 g/mol. The van der Waals surface area contributed by atoms with Crippen molar-refractivity contribution >= 4 is 21.5 Å². The predicted molar refractivity (Wildman–Crippen MR) is 64.1 cm³/mol. The van der Waals surface area contributed by atoms with Crippen molar-refractivity contribution in [3.8, 4) is 11.8 Å². The number of carbonyl (C=O) groups is 1. The van der Waals surface area contributed by atoms with Crippen LogP contribution in [0.2, 0.25) is 0 Å². The van der Waals surface area contributed by atoms with Crippen molar-refractivity contribution in [2.45, 2.75) is 17.9 Å². The SMILES string of the molecule is CC(=O)C(C#N)N=Nc1cc(S(N)(=O)=O)ccc1O. The van der Waals surface area contributed by atoms with Crippen LogP contribution in [-0.4, -0.2) is 25.3 Å². The summed E-state index contributed by atoms with van der Waals surface area (Å²) in [6.45, 7) is 1.16. The average Bonchev–Trinajstić information content (AvgIpc) is 2.30. The quantitative estimate of drug-likeness (QED) is 0.776. The standard InChI is InChI=1S/C10H10N4O4S/c1-6(15)9(5-11)14-13-8-4-7(19(12,17)18)2-3-10(8)16/h2-4,9,16H,1H3,(H2,12,17,18). The van der Waals surface area contributed by atoms with Crippen molar-refractivity contribution in [1.29, 1.82) is 5.26 Å². The maximum atomic E-state index is 11.1. The molecule has 0 amide bonds. The highest BCUT2D eigenvalue weighted by atomic mass is 32.2. The Balaban J connectivity index is 3.19. The third kappa shape index (κ3) is 3.84. The van der Waals surface area contributed by atoms with Crippen LogP contribution in [0.25, 0.3) is 0 Å². The van der Waals surface area contributed by atoms with E-state index in [2.05, 4.69) is 10.2 Å². The zero-order valence-corrected chi connectivity index (χ0v) is 10.6. The fourth-order valence-electron chi connectivity index (χ4n) is 1.08. The molecule has 0 aromatic heterocycles. The van der Waals surface area contributed by atoms with Crippen molar-refractivity contribution in [3.05, 3.63) is 18.2 Å². The van der Waals surface area contributed by atoms with Gasteiger partial charge in [0.15, 0.2) is 5.78 Å². The molecule has 1 unspecified atom stereocenters. The molecule has 0 aliphatic carbocycles. The van der Waals surface area contributed by atoms with Crippen molar-refractivity contribution in [3.63, 3.8) is 0 Å². The number of aromatic hydroxyl groups is 1. The number of ketones is 1. The van der Waals surface area contributed by atoms with E-state index in [1.165, 1.54) is 0 Å². The zero-order valence-electron chi connectivity index (χ0n) is 9.81. The van der Waals surface area contributed by atoms with E-state index < -0.39 is 21.8 Å². The smallest absolute Gasteiger partial charge is 0.238 e. The first-order chi connectivity index (χ1) is 8.75. The number of phenolic OH excluding ortho intramolecular Hbond substituents is 1. The van der Waals surface area contributed by atoms with Gasteiger partial charge in [0, 0.05) is 0 Å². The number of nitriles is 1. The molecular weight excluding hydrogens is 272 g/mol. The van der Waals surface area contributed by atoms with E-state index in [1.54, 1.807) is 6.07 Å². The van der Waals surface area contributed by atoms with E-state index >= 15 is 0 Å². The lowest BCUT2D eigenvalue weighted by Crippen LogP contribution is -2.12. The van der Waals surface area contributed by atoms with E-state index in [1.807, 2.05) is 0 Å². The minimum atomic E-state index is -3.95. The fraction of sp³-hybridized carbons (Fsp3) is 0.200. The van der Waals surface area contributed by atoms with E-state index in [4.69, 9.17) is 10.4 Å². The summed E-state index contributed by atoms with van der Waals surface area (Å²) in [7, 11) is -3.95. The molecule has 9 heteroatoms. The third-order valence-corrected chi connectivity index (χ3v) is 2.97. The van der Waals surface area contributed by atoms with Crippen LogP contribution >= 0.6 is 0 Å². The van der Waals surface area contributed by atoms with Crippen LogP contribution in [0, 0.1) is 11.3 Å². The Labute approximate surface area is 109 Å². The minimum Gasteiger partial charge on any atom is -0.506 e. The second-order valence-corrected chi connectivity index (χ2v) is 5.11. The number of benzene rings is 1. The van der Waals surface area contributed by atoms with Gasteiger partial charge in [-0.1, -0.05) is 0 Å². The fourth-order valence-corrected chi connectivity index (χ4v) is 1.61. The summed E-state index contributed by atoms with van der Waals surface area (Å²) < 4.78 is 22.2. The summed E-state index contributed by atoms with van der Waals surface area (Å²) >= 11 is 0. The summed E-state index contributed by atoms with van der Waals surface area (Å²) in [5.74, 6) is -0.871. The number of primary sulfonamides is 1. The topological polar surface area (TPSA) is 146 Å². The molecule has 1 atom stereocenters. The van der Waals surface area contributed by atoms with Gasteiger partial charge in [0.2, 0.25) is 16.1 Å². The van der Waals surface area contributed by atoms with Gasteiger partial charge in [0.05, 0.1) is 11.0 Å². The van der Waals surface area contributed by atoms with E-state index in [-0.39, 0.29) is 16.3 Å². The van der Waals surface area contributed by atoms with Crippen LogP contribution < -0.4 is 5.14 Å². The molecule has 0 aliphatic rings. The lowest BCUT2D eigenvalue weighted by Gasteiger charge is -2.02. The Kier molecular flexibility index (Phi) is 4.31. The van der Waals surface area contributed by atoms with Crippen molar-refractivity contribution in [2.75, 3.05) is 0 Å². The number of hydrogen-bond donors (Lipinski definition) is 2. The van der Waals surface area contributed by atoms with Gasteiger partial charge in [-0.05, 0) is 25.1 Å². The Morgan fingerprint density at radius 1 is 1.53 bits per heavy atom. The average molecular weight is 282 g/mol. The summed E-state index contributed by atoms with van der Waals surface area (Å²) in [4.78, 5) is 10.7. The second kappa shape index (κ2) is 5.55. The second-order valence-electron chi connectivity index (χ2n) is 3.55. The van der Waals surface area contributed by atoms with Crippen LogP contribution in [-0.2, 0) is 14.8 Å². The number of rotatable bonds is 4. The van der Waals surface area contributed by atoms with E-state index in [0.717, 1.165) is 25.1 Å². The molecule has 19 heavy (non-hydrogen) atoms. The summed E-state index contributed by atoms with van der Waals surface area (Å²) in [5, 5.41) is 29.9.